The van der Waals surface area contributed by atoms with Crippen molar-refractivity contribution >= 4 is 46.4 Å². The minimum atomic E-state index is -0.907. The molecule has 7 heteroatoms. The summed E-state index contributed by atoms with van der Waals surface area (Å²) in [5, 5.41) is 3.25. The number of hydrogen-bond donors (Lipinski definition) is 1. The molecule has 1 aromatic carbocycles. The Kier molecular flexibility index (Phi) is 5.83. The molecule has 0 aliphatic rings. The molecule has 0 aliphatic carbocycles. The second-order valence-electron chi connectivity index (χ2n) is 4.46. The lowest BCUT2D eigenvalue weighted by atomic mass is 10.2. The predicted octanol–water partition coefficient (Wildman–Crippen LogP) is 3.92. The van der Waals surface area contributed by atoms with E-state index in [4.69, 9.17) is 27.9 Å². The first-order valence-electron chi connectivity index (χ1n) is 6.45. The van der Waals surface area contributed by atoms with Crippen LogP contribution in [0.2, 0.25) is 9.36 Å². The van der Waals surface area contributed by atoms with Crippen molar-refractivity contribution in [3.8, 4) is 0 Å². The van der Waals surface area contributed by atoms with Gasteiger partial charge in [0.1, 0.15) is 4.88 Å². The SMILES string of the molecule is CC(OC(=O)c1ccc(Cl)s1)C(=O)NCc1ccccc1Cl. The van der Waals surface area contributed by atoms with Gasteiger partial charge in [0.2, 0.25) is 0 Å². The number of ether oxygens (including phenoxy) is 1. The van der Waals surface area contributed by atoms with Gasteiger partial charge in [0.25, 0.3) is 5.91 Å². The van der Waals surface area contributed by atoms with Crippen molar-refractivity contribution in [2.24, 2.45) is 0 Å². The molecule has 1 amide bonds. The van der Waals surface area contributed by atoms with E-state index in [2.05, 4.69) is 5.32 Å². The van der Waals surface area contributed by atoms with E-state index in [0.29, 0.717) is 14.2 Å². The Morgan fingerprint density at radius 2 is 1.95 bits per heavy atom. The number of esters is 1. The van der Waals surface area contributed by atoms with Crippen LogP contribution in [0.3, 0.4) is 0 Å². The smallest absolute Gasteiger partial charge is 0.349 e. The Labute approximate surface area is 142 Å². The predicted molar refractivity (Wildman–Crippen MR) is 87.5 cm³/mol. The number of hydrogen-bond acceptors (Lipinski definition) is 4. The van der Waals surface area contributed by atoms with Crippen molar-refractivity contribution in [2.75, 3.05) is 0 Å². The molecule has 0 bridgehead atoms. The van der Waals surface area contributed by atoms with Crippen molar-refractivity contribution in [2.45, 2.75) is 19.6 Å². The monoisotopic (exact) mass is 357 g/mol. The minimum Gasteiger partial charge on any atom is -0.448 e. The van der Waals surface area contributed by atoms with Crippen molar-refractivity contribution in [1.82, 2.24) is 5.32 Å². The highest BCUT2D eigenvalue weighted by atomic mass is 35.5. The van der Waals surface area contributed by atoms with Gasteiger partial charge in [0, 0.05) is 11.6 Å². The molecule has 0 saturated carbocycles. The van der Waals surface area contributed by atoms with E-state index in [0.717, 1.165) is 16.9 Å². The van der Waals surface area contributed by atoms with E-state index in [9.17, 15) is 9.59 Å². The Morgan fingerprint density at radius 1 is 1.23 bits per heavy atom. The molecule has 0 saturated heterocycles. The summed E-state index contributed by atoms with van der Waals surface area (Å²) in [6.07, 6.45) is -0.907. The fourth-order valence-corrected chi connectivity index (χ4v) is 2.79. The quantitative estimate of drug-likeness (QED) is 0.825. The summed E-state index contributed by atoms with van der Waals surface area (Å²) in [6, 6.07) is 10.4. The second kappa shape index (κ2) is 7.63. The normalized spacial score (nSPS) is 11.8. The molecule has 0 fully saturated rings. The van der Waals surface area contributed by atoms with Gasteiger partial charge in [-0.1, -0.05) is 41.4 Å². The summed E-state index contributed by atoms with van der Waals surface area (Å²) in [5.74, 6) is -0.965. The van der Waals surface area contributed by atoms with Gasteiger partial charge >= 0.3 is 5.97 Å². The third kappa shape index (κ3) is 4.47. The van der Waals surface area contributed by atoms with Crippen LogP contribution in [0.5, 0.6) is 0 Å². The molecule has 1 unspecified atom stereocenters. The molecular weight excluding hydrogens is 345 g/mol. The van der Waals surface area contributed by atoms with Crippen LogP contribution in [-0.4, -0.2) is 18.0 Å². The Morgan fingerprint density at radius 3 is 2.59 bits per heavy atom. The Balaban J connectivity index is 1.87. The second-order valence-corrected chi connectivity index (χ2v) is 6.58. The van der Waals surface area contributed by atoms with Crippen molar-refractivity contribution in [3.63, 3.8) is 0 Å². The zero-order valence-corrected chi connectivity index (χ0v) is 14.0. The number of halogens is 2. The van der Waals surface area contributed by atoms with Crippen LogP contribution < -0.4 is 5.32 Å². The average Bonchev–Trinajstić information content (AvgIpc) is 2.92. The van der Waals surface area contributed by atoms with Crippen LogP contribution in [0.25, 0.3) is 0 Å². The van der Waals surface area contributed by atoms with Crippen molar-refractivity contribution < 1.29 is 14.3 Å². The summed E-state index contributed by atoms with van der Waals surface area (Å²) in [7, 11) is 0. The van der Waals surface area contributed by atoms with Crippen LogP contribution in [0.15, 0.2) is 36.4 Å². The Bertz CT molecular complexity index is 687. The van der Waals surface area contributed by atoms with Crippen LogP contribution in [0, 0.1) is 0 Å². The van der Waals surface area contributed by atoms with Gasteiger partial charge in [-0.25, -0.2) is 4.79 Å². The van der Waals surface area contributed by atoms with Crippen LogP contribution in [0.4, 0.5) is 0 Å². The average molecular weight is 358 g/mol. The maximum Gasteiger partial charge on any atom is 0.349 e. The molecule has 2 aromatic rings. The van der Waals surface area contributed by atoms with Gasteiger partial charge in [-0.2, -0.15) is 0 Å². The van der Waals surface area contributed by atoms with Crippen molar-refractivity contribution in [3.05, 3.63) is 56.2 Å². The number of rotatable bonds is 5. The molecule has 0 aliphatic heterocycles. The van der Waals surface area contributed by atoms with Gasteiger partial charge in [-0.3, -0.25) is 4.79 Å². The minimum absolute atomic E-state index is 0.269. The molecule has 0 spiro atoms. The zero-order chi connectivity index (χ0) is 16.1. The first-order valence-corrected chi connectivity index (χ1v) is 8.02. The number of amides is 1. The summed E-state index contributed by atoms with van der Waals surface area (Å²) in [5.41, 5.74) is 0.793. The summed E-state index contributed by atoms with van der Waals surface area (Å²) >= 11 is 12.9. The maximum absolute atomic E-state index is 11.9. The molecule has 1 aromatic heterocycles. The Hall–Kier alpha value is -1.56. The van der Waals surface area contributed by atoms with Gasteiger partial charge < -0.3 is 10.1 Å². The third-order valence-corrected chi connectivity index (χ3v) is 4.42. The molecule has 2 rings (SSSR count). The fourth-order valence-electron chi connectivity index (χ4n) is 1.66. The maximum atomic E-state index is 11.9. The van der Waals surface area contributed by atoms with Crippen molar-refractivity contribution in [1.29, 1.82) is 0 Å². The molecule has 1 N–H and O–H groups in total. The zero-order valence-electron chi connectivity index (χ0n) is 11.6. The summed E-state index contributed by atoms with van der Waals surface area (Å²) < 4.78 is 5.59. The third-order valence-electron chi connectivity index (χ3n) is 2.84. The van der Waals surface area contributed by atoms with Gasteiger partial charge in [0.05, 0.1) is 4.34 Å². The van der Waals surface area contributed by atoms with Crippen LogP contribution >= 0.6 is 34.5 Å². The molecular formula is C15H13Cl2NO3S. The lowest BCUT2D eigenvalue weighted by molar-refractivity contribution is -0.129. The number of thiophene rings is 1. The van der Waals surface area contributed by atoms with Gasteiger partial charge in [-0.15, -0.1) is 11.3 Å². The number of nitrogens with one attached hydrogen (secondary N) is 1. The first kappa shape index (κ1) is 16.8. The van der Waals surface area contributed by atoms with E-state index in [1.165, 1.54) is 6.92 Å². The van der Waals surface area contributed by atoms with Gasteiger partial charge in [-0.05, 0) is 30.7 Å². The highest BCUT2D eigenvalue weighted by molar-refractivity contribution is 7.17. The van der Waals surface area contributed by atoms with Crippen LogP contribution in [-0.2, 0) is 16.1 Å². The molecule has 1 heterocycles. The van der Waals surface area contributed by atoms with Crippen LogP contribution in [0.1, 0.15) is 22.2 Å². The first-order chi connectivity index (χ1) is 10.5. The van der Waals surface area contributed by atoms with E-state index in [1.807, 2.05) is 18.2 Å². The lowest BCUT2D eigenvalue weighted by Crippen LogP contribution is -2.35. The molecule has 1 atom stereocenters. The summed E-state index contributed by atoms with van der Waals surface area (Å²) in [6.45, 7) is 1.78. The highest BCUT2D eigenvalue weighted by Crippen LogP contribution is 2.22. The highest BCUT2D eigenvalue weighted by Gasteiger charge is 2.20. The standard InChI is InChI=1S/C15H13Cl2NO3S/c1-9(21-15(20)12-6-7-13(17)22-12)14(19)18-8-10-4-2-3-5-11(10)16/h2-7,9H,8H2,1H3,(H,18,19). The van der Waals surface area contributed by atoms with E-state index >= 15 is 0 Å². The number of carbonyl (C=O) groups excluding carboxylic acids is 2. The number of benzene rings is 1. The molecule has 4 nitrogen and oxygen atoms in total. The molecule has 116 valence electrons. The summed E-state index contributed by atoms with van der Waals surface area (Å²) in [4.78, 5) is 24.1. The number of carbonyl (C=O) groups is 2. The van der Waals surface area contributed by atoms with E-state index in [-0.39, 0.29) is 6.54 Å². The fraction of sp³-hybridized carbons (Fsp3) is 0.200. The van der Waals surface area contributed by atoms with E-state index in [1.54, 1.807) is 18.2 Å². The molecule has 0 radical (unpaired) electrons. The van der Waals surface area contributed by atoms with E-state index < -0.39 is 18.0 Å². The lowest BCUT2D eigenvalue weighted by Gasteiger charge is -2.13. The van der Waals surface area contributed by atoms with Gasteiger partial charge in [0.15, 0.2) is 6.10 Å². The topological polar surface area (TPSA) is 55.4 Å². The largest absolute Gasteiger partial charge is 0.448 e. The molecule has 22 heavy (non-hydrogen) atoms.